The number of ether oxygens (including phenoxy) is 1. The SMILES string of the molecule is CC(=O)Cn1ncc2cc(Oc3ccc(F)cc3F)c(Br)cc21. The third kappa shape index (κ3) is 3.24. The Balaban J connectivity index is 1.98. The predicted molar refractivity (Wildman–Crippen MR) is 84.5 cm³/mol. The largest absolute Gasteiger partial charge is 0.453 e. The van der Waals surface area contributed by atoms with Crippen molar-refractivity contribution in [2.24, 2.45) is 0 Å². The molecule has 0 aliphatic rings. The molecular formula is C16H11BrF2N2O2. The molecule has 0 bridgehead atoms. The van der Waals surface area contributed by atoms with Crippen molar-refractivity contribution in [2.75, 3.05) is 0 Å². The molecule has 0 fully saturated rings. The van der Waals surface area contributed by atoms with E-state index in [9.17, 15) is 13.6 Å². The highest BCUT2D eigenvalue weighted by Gasteiger charge is 2.13. The van der Waals surface area contributed by atoms with Crippen molar-refractivity contribution in [3.63, 3.8) is 0 Å². The average Bonchev–Trinajstić information content (AvgIpc) is 2.84. The molecule has 1 aromatic heterocycles. The zero-order chi connectivity index (χ0) is 16.6. The maximum absolute atomic E-state index is 13.7. The molecule has 2 aromatic carbocycles. The van der Waals surface area contributed by atoms with Crippen molar-refractivity contribution in [3.05, 3.63) is 52.6 Å². The molecule has 7 heteroatoms. The van der Waals surface area contributed by atoms with E-state index in [1.54, 1.807) is 23.0 Å². The first-order valence-electron chi connectivity index (χ1n) is 6.71. The van der Waals surface area contributed by atoms with Gasteiger partial charge in [-0.3, -0.25) is 9.48 Å². The monoisotopic (exact) mass is 380 g/mol. The van der Waals surface area contributed by atoms with Gasteiger partial charge < -0.3 is 4.74 Å². The number of aromatic nitrogens is 2. The third-order valence-corrected chi connectivity index (χ3v) is 3.80. The molecule has 0 atom stereocenters. The van der Waals surface area contributed by atoms with Crippen LogP contribution < -0.4 is 4.74 Å². The molecular weight excluding hydrogens is 370 g/mol. The summed E-state index contributed by atoms with van der Waals surface area (Å²) in [6.07, 6.45) is 1.60. The second-order valence-corrected chi connectivity index (χ2v) is 5.88. The van der Waals surface area contributed by atoms with E-state index in [2.05, 4.69) is 21.0 Å². The zero-order valence-corrected chi connectivity index (χ0v) is 13.6. The fourth-order valence-electron chi connectivity index (χ4n) is 2.17. The molecule has 3 aromatic rings. The normalized spacial score (nSPS) is 11.0. The highest BCUT2D eigenvalue weighted by molar-refractivity contribution is 9.10. The molecule has 23 heavy (non-hydrogen) atoms. The standard InChI is InChI=1S/C16H11BrF2N2O2/c1-9(22)8-21-14-6-12(17)16(4-10(14)7-20-21)23-15-3-2-11(18)5-13(15)19/h2-7H,8H2,1H3. The van der Waals surface area contributed by atoms with E-state index in [0.29, 0.717) is 10.2 Å². The predicted octanol–water partition coefficient (Wildman–Crippen LogP) is 4.46. The van der Waals surface area contributed by atoms with Gasteiger partial charge >= 0.3 is 0 Å². The van der Waals surface area contributed by atoms with Crippen LogP contribution in [0.15, 0.2) is 41.0 Å². The Kier molecular flexibility index (Phi) is 4.12. The first-order chi connectivity index (χ1) is 10.9. The van der Waals surface area contributed by atoms with Crippen molar-refractivity contribution in [3.8, 4) is 11.5 Å². The summed E-state index contributed by atoms with van der Waals surface area (Å²) in [6.45, 7) is 1.65. The number of halogens is 3. The van der Waals surface area contributed by atoms with Gasteiger partial charge in [0.25, 0.3) is 0 Å². The summed E-state index contributed by atoms with van der Waals surface area (Å²) in [5.41, 5.74) is 0.749. The van der Waals surface area contributed by atoms with E-state index in [0.717, 1.165) is 23.0 Å². The molecule has 0 aliphatic carbocycles. The number of benzene rings is 2. The Morgan fingerprint density at radius 3 is 2.74 bits per heavy atom. The first-order valence-corrected chi connectivity index (χ1v) is 7.51. The minimum absolute atomic E-state index is 0.0140. The number of hydrogen-bond acceptors (Lipinski definition) is 3. The van der Waals surface area contributed by atoms with Crippen LogP contribution in [0.2, 0.25) is 0 Å². The van der Waals surface area contributed by atoms with E-state index >= 15 is 0 Å². The first kappa shape index (κ1) is 15.6. The van der Waals surface area contributed by atoms with Crippen LogP contribution in [0.1, 0.15) is 6.92 Å². The van der Waals surface area contributed by atoms with E-state index in [1.807, 2.05) is 0 Å². The molecule has 0 radical (unpaired) electrons. The van der Waals surface area contributed by atoms with Crippen LogP contribution in [0, 0.1) is 11.6 Å². The van der Waals surface area contributed by atoms with Crippen molar-refractivity contribution in [2.45, 2.75) is 13.5 Å². The number of fused-ring (bicyclic) bond motifs is 1. The molecule has 0 saturated carbocycles. The number of carbonyl (C=O) groups is 1. The lowest BCUT2D eigenvalue weighted by atomic mass is 10.2. The molecule has 4 nitrogen and oxygen atoms in total. The molecule has 3 rings (SSSR count). The second kappa shape index (κ2) is 6.08. The number of rotatable bonds is 4. The van der Waals surface area contributed by atoms with Crippen LogP contribution in [0.25, 0.3) is 10.9 Å². The van der Waals surface area contributed by atoms with Crippen LogP contribution in [0.4, 0.5) is 8.78 Å². The van der Waals surface area contributed by atoms with E-state index in [4.69, 9.17) is 4.74 Å². The molecule has 1 heterocycles. The fraction of sp³-hybridized carbons (Fsp3) is 0.125. The number of ketones is 1. The quantitative estimate of drug-likeness (QED) is 0.671. The van der Waals surface area contributed by atoms with Gasteiger partial charge in [0, 0.05) is 11.5 Å². The summed E-state index contributed by atoms with van der Waals surface area (Å²) in [6, 6.07) is 6.51. The lowest BCUT2D eigenvalue weighted by Crippen LogP contribution is -2.07. The third-order valence-electron chi connectivity index (χ3n) is 3.18. The molecule has 0 aliphatic heterocycles. The topological polar surface area (TPSA) is 44.1 Å². The van der Waals surface area contributed by atoms with Gasteiger partial charge in [-0.1, -0.05) is 0 Å². The number of carbonyl (C=O) groups excluding carboxylic acids is 1. The summed E-state index contributed by atoms with van der Waals surface area (Å²) in [4.78, 5) is 11.2. The molecule has 0 unspecified atom stereocenters. The van der Waals surface area contributed by atoms with Crippen molar-refractivity contribution in [1.82, 2.24) is 9.78 Å². The summed E-state index contributed by atoms with van der Waals surface area (Å²) in [7, 11) is 0. The van der Waals surface area contributed by atoms with Gasteiger partial charge in [0.15, 0.2) is 17.3 Å². The molecule has 118 valence electrons. The summed E-state index contributed by atoms with van der Waals surface area (Å²) in [5.74, 6) is -1.19. The summed E-state index contributed by atoms with van der Waals surface area (Å²) >= 11 is 3.35. The van der Waals surface area contributed by atoms with E-state index in [-0.39, 0.29) is 18.1 Å². The van der Waals surface area contributed by atoms with Crippen molar-refractivity contribution in [1.29, 1.82) is 0 Å². The Morgan fingerprint density at radius 1 is 1.26 bits per heavy atom. The highest BCUT2D eigenvalue weighted by Crippen LogP contribution is 2.34. The van der Waals surface area contributed by atoms with Gasteiger partial charge in [0.05, 0.1) is 22.7 Å². The van der Waals surface area contributed by atoms with Crippen LogP contribution in [0.3, 0.4) is 0 Å². The smallest absolute Gasteiger partial charge is 0.168 e. The van der Waals surface area contributed by atoms with Crippen LogP contribution in [-0.2, 0) is 11.3 Å². The Labute approximate surface area is 138 Å². The lowest BCUT2D eigenvalue weighted by molar-refractivity contribution is -0.117. The molecule has 0 spiro atoms. The molecule has 0 amide bonds. The van der Waals surface area contributed by atoms with Gasteiger partial charge in [-0.15, -0.1) is 0 Å². The molecule has 0 saturated heterocycles. The number of Topliss-reactive ketones (excluding diaryl/α,β-unsaturated/α-hetero) is 1. The van der Waals surface area contributed by atoms with Gasteiger partial charge in [-0.2, -0.15) is 5.10 Å². The van der Waals surface area contributed by atoms with E-state index in [1.165, 1.54) is 13.0 Å². The van der Waals surface area contributed by atoms with Crippen LogP contribution >= 0.6 is 15.9 Å². The van der Waals surface area contributed by atoms with Gasteiger partial charge in [-0.05, 0) is 47.1 Å². The van der Waals surface area contributed by atoms with Gasteiger partial charge in [0.2, 0.25) is 0 Å². The Morgan fingerprint density at radius 2 is 2.04 bits per heavy atom. The Hall–Kier alpha value is -2.28. The van der Waals surface area contributed by atoms with Crippen molar-refractivity contribution < 1.29 is 18.3 Å². The fourth-order valence-corrected chi connectivity index (χ4v) is 2.58. The van der Waals surface area contributed by atoms with Gasteiger partial charge in [0.1, 0.15) is 11.6 Å². The van der Waals surface area contributed by atoms with Crippen molar-refractivity contribution >= 4 is 32.6 Å². The maximum Gasteiger partial charge on any atom is 0.168 e. The lowest BCUT2D eigenvalue weighted by Gasteiger charge is -2.09. The minimum Gasteiger partial charge on any atom is -0.453 e. The van der Waals surface area contributed by atoms with Crippen LogP contribution in [-0.4, -0.2) is 15.6 Å². The van der Waals surface area contributed by atoms with E-state index < -0.39 is 11.6 Å². The number of nitrogens with zero attached hydrogens (tertiary/aromatic N) is 2. The molecule has 0 N–H and O–H groups in total. The average molecular weight is 381 g/mol. The maximum atomic E-state index is 13.7. The minimum atomic E-state index is -0.788. The number of hydrogen-bond donors (Lipinski definition) is 0. The summed E-state index contributed by atoms with van der Waals surface area (Å²) in [5, 5.41) is 4.89. The second-order valence-electron chi connectivity index (χ2n) is 5.02. The summed E-state index contributed by atoms with van der Waals surface area (Å²) < 4.78 is 34.3. The Bertz CT molecular complexity index is 908. The van der Waals surface area contributed by atoms with Crippen LogP contribution in [0.5, 0.6) is 11.5 Å². The zero-order valence-electron chi connectivity index (χ0n) is 12.0. The van der Waals surface area contributed by atoms with Gasteiger partial charge in [-0.25, -0.2) is 8.78 Å². The highest BCUT2D eigenvalue weighted by atomic mass is 79.9.